The third-order valence-electron chi connectivity index (χ3n) is 4.31. The average molecular weight is 413 g/mol. The van der Waals surface area contributed by atoms with Crippen LogP contribution in [-0.4, -0.2) is 54.3 Å². The number of piperazine rings is 1. The highest BCUT2D eigenvalue weighted by Crippen LogP contribution is 2.30. The summed E-state index contributed by atoms with van der Waals surface area (Å²) in [5.41, 5.74) is 1.82. The van der Waals surface area contributed by atoms with Gasteiger partial charge in [0, 0.05) is 42.3 Å². The van der Waals surface area contributed by atoms with Crippen LogP contribution in [0.2, 0.25) is 0 Å². The van der Waals surface area contributed by atoms with Crippen LogP contribution < -0.4 is 4.74 Å². The second kappa shape index (κ2) is 7.96. The molecule has 1 aromatic rings. The third-order valence-corrected chi connectivity index (χ3v) is 4.77. The molecule has 1 fully saturated rings. The molecule has 25 heavy (non-hydrogen) atoms. The van der Waals surface area contributed by atoms with Crippen LogP contribution in [0.1, 0.15) is 38.8 Å². The van der Waals surface area contributed by atoms with Crippen LogP contribution in [0.15, 0.2) is 16.6 Å². The standard InChI is InChI=1S/C19H29BrN2O3/c1-13-9-16(20)10-15(17(13)24-6)12-21-7-8-22(11-14(21)2)18(23)25-19(3,4)5/h9-10,14H,7-8,11-12H2,1-6H3/t14-/m0/s1. The normalized spacial score (nSPS) is 19.0. The Morgan fingerprint density at radius 1 is 1.32 bits per heavy atom. The average Bonchev–Trinajstić information content (AvgIpc) is 2.47. The van der Waals surface area contributed by atoms with E-state index in [0.717, 1.165) is 34.4 Å². The number of halogens is 1. The Hall–Kier alpha value is -1.27. The van der Waals surface area contributed by atoms with Gasteiger partial charge in [0.1, 0.15) is 11.4 Å². The molecule has 5 nitrogen and oxygen atoms in total. The Labute approximate surface area is 159 Å². The number of nitrogens with zero attached hydrogens (tertiary/aromatic N) is 2. The van der Waals surface area contributed by atoms with Crippen molar-refractivity contribution in [3.63, 3.8) is 0 Å². The molecule has 1 aliphatic rings. The van der Waals surface area contributed by atoms with E-state index in [2.05, 4.69) is 46.8 Å². The molecule has 1 amide bonds. The molecule has 0 radical (unpaired) electrons. The van der Waals surface area contributed by atoms with Crippen molar-refractivity contribution in [3.8, 4) is 5.75 Å². The molecule has 0 aliphatic carbocycles. The third kappa shape index (κ3) is 5.35. The van der Waals surface area contributed by atoms with E-state index in [4.69, 9.17) is 9.47 Å². The fourth-order valence-electron chi connectivity index (χ4n) is 3.15. The summed E-state index contributed by atoms with van der Waals surface area (Å²) in [5.74, 6) is 0.935. The second-order valence-electron chi connectivity index (χ2n) is 7.66. The summed E-state index contributed by atoms with van der Waals surface area (Å²) in [5, 5.41) is 0. The lowest BCUT2D eigenvalue weighted by Gasteiger charge is -2.40. The molecular formula is C19H29BrN2O3. The topological polar surface area (TPSA) is 42.0 Å². The van der Waals surface area contributed by atoms with Crippen molar-refractivity contribution in [2.75, 3.05) is 26.7 Å². The molecule has 0 unspecified atom stereocenters. The molecular weight excluding hydrogens is 384 g/mol. The number of carbonyl (C=O) groups is 1. The fraction of sp³-hybridized carbons (Fsp3) is 0.632. The largest absolute Gasteiger partial charge is 0.496 e. The summed E-state index contributed by atoms with van der Waals surface area (Å²) in [4.78, 5) is 16.5. The zero-order chi connectivity index (χ0) is 18.8. The van der Waals surface area contributed by atoms with Gasteiger partial charge in [-0.2, -0.15) is 0 Å². The van der Waals surface area contributed by atoms with Gasteiger partial charge in [0.15, 0.2) is 0 Å². The Morgan fingerprint density at radius 2 is 2.00 bits per heavy atom. The second-order valence-corrected chi connectivity index (χ2v) is 8.58. The molecule has 0 saturated carbocycles. The molecule has 0 bridgehead atoms. The van der Waals surface area contributed by atoms with Crippen molar-refractivity contribution >= 4 is 22.0 Å². The van der Waals surface area contributed by atoms with Crippen LogP contribution >= 0.6 is 15.9 Å². The number of hydrogen-bond donors (Lipinski definition) is 0. The summed E-state index contributed by atoms with van der Waals surface area (Å²) < 4.78 is 12.1. The molecule has 0 aromatic heterocycles. The monoisotopic (exact) mass is 412 g/mol. The van der Waals surface area contributed by atoms with E-state index in [9.17, 15) is 4.79 Å². The number of carbonyl (C=O) groups excluding carboxylic acids is 1. The highest BCUT2D eigenvalue weighted by Gasteiger charge is 2.30. The lowest BCUT2D eigenvalue weighted by atomic mass is 10.1. The molecule has 2 rings (SSSR count). The molecule has 1 saturated heterocycles. The van der Waals surface area contributed by atoms with Crippen molar-refractivity contribution in [2.45, 2.75) is 52.8 Å². The smallest absolute Gasteiger partial charge is 0.410 e. The summed E-state index contributed by atoms with van der Waals surface area (Å²) in [6.07, 6.45) is -0.227. The van der Waals surface area contributed by atoms with E-state index in [1.54, 1.807) is 12.0 Å². The first-order chi connectivity index (χ1) is 11.6. The predicted molar refractivity (Wildman–Crippen MR) is 103 cm³/mol. The van der Waals surface area contributed by atoms with Crippen molar-refractivity contribution < 1.29 is 14.3 Å². The van der Waals surface area contributed by atoms with Gasteiger partial charge in [0.2, 0.25) is 0 Å². The van der Waals surface area contributed by atoms with Gasteiger partial charge in [0.25, 0.3) is 0 Å². The zero-order valence-corrected chi connectivity index (χ0v) is 17.6. The van der Waals surface area contributed by atoms with Crippen LogP contribution in [0, 0.1) is 6.92 Å². The van der Waals surface area contributed by atoms with Crippen LogP contribution in [0.4, 0.5) is 4.79 Å². The minimum Gasteiger partial charge on any atom is -0.496 e. The number of hydrogen-bond acceptors (Lipinski definition) is 4. The maximum atomic E-state index is 12.3. The Morgan fingerprint density at radius 3 is 2.56 bits per heavy atom. The maximum Gasteiger partial charge on any atom is 0.410 e. The lowest BCUT2D eigenvalue weighted by molar-refractivity contribution is 0.00451. The van der Waals surface area contributed by atoms with Crippen LogP contribution in [0.5, 0.6) is 5.75 Å². The summed E-state index contributed by atoms with van der Waals surface area (Å²) >= 11 is 3.57. The van der Waals surface area contributed by atoms with Crippen molar-refractivity contribution in [3.05, 3.63) is 27.7 Å². The first kappa shape index (κ1) is 20.0. The predicted octanol–water partition coefficient (Wildman–Crippen LogP) is 4.21. The molecule has 0 N–H and O–H groups in total. The van der Waals surface area contributed by atoms with Crippen LogP contribution in [-0.2, 0) is 11.3 Å². The number of rotatable bonds is 3. The highest BCUT2D eigenvalue weighted by molar-refractivity contribution is 9.10. The van der Waals surface area contributed by atoms with E-state index < -0.39 is 5.60 Å². The number of methoxy groups -OCH3 is 1. The van der Waals surface area contributed by atoms with Gasteiger partial charge in [0.05, 0.1) is 7.11 Å². The van der Waals surface area contributed by atoms with Crippen molar-refractivity contribution in [1.82, 2.24) is 9.80 Å². The molecule has 1 heterocycles. The quantitative estimate of drug-likeness (QED) is 0.745. The molecule has 1 atom stereocenters. The minimum atomic E-state index is -0.460. The number of ether oxygens (including phenoxy) is 2. The van der Waals surface area contributed by atoms with E-state index >= 15 is 0 Å². The van der Waals surface area contributed by atoms with E-state index in [1.165, 1.54) is 0 Å². The van der Waals surface area contributed by atoms with Gasteiger partial charge in [-0.3, -0.25) is 4.90 Å². The zero-order valence-electron chi connectivity index (χ0n) is 16.1. The number of amides is 1. The molecule has 1 aromatic carbocycles. The maximum absolute atomic E-state index is 12.3. The van der Waals surface area contributed by atoms with Gasteiger partial charge in [-0.15, -0.1) is 0 Å². The first-order valence-electron chi connectivity index (χ1n) is 8.65. The number of benzene rings is 1. The van der Waals surface area contributed by atoms with Gasteiger partial charge in [-0.25, -0.2) is 4.79 Å². The number of aryl methyl sites for hydroxylation is 1. The summed E-state index contributed by atoms with van der Waals surface area (Å²) in [7, 11) is 1.71. The van der Waals surface area contributed by atoms with Crippen molar-refractivity contribution in [1.29, 1.82) is 0 Å². The Balaban J connectivity index is 2.04. The van der Waals surface area contributed by atoms with Gasteiger partial charge < -0.3 is 14.4 Å². The highest BCUT2D eigenvalue weighted by atomic mass is 79.9. The molecule has 140 valence electrons. The van der Waals surface area contributed by atoms with Crippen LogP contribution in [0.25, 0.3) is 0 Å². The van der Waals surface area contributed by atoms with E-state index in [0.29, 0.717) is 13.1 Å². The molecule has 0 spiro atoms. The Bertz CT molecular complexity index is 628. The summed E-state index contributed by atoms with van der Waals surface area (Å²) in [6.45, 7) is 12.8. The van der Waals surface area contributed by atoms with Gasteiger partial charge in [-0.05, 0) is 52.3 Å². The minimum absolute atomic E-state index is 0.227. The van der Waals surface area contributed by atoms with Crippen LogP contribution in [0.3, 0.4) is 0 Å². The van der Waals surface area contributed by atoms with Gasteiger partial charge in [-0.1, -0.05) is 15.9 Å². The summed E-state index contributed by atoms with van der Waals surface area (Å²) in [6, 6.07) is 4.43. The lowest BCUT2D eigenvalue weighted by Crippen LogP contribution is -2.54. The fourth-order valence-corrected chi connectivity index (χ4v) is 3.77. The first-order valence-corrected chi connectivity index (χ1v) is 9.45. The van der Waals surface area contributed by atoms with Gasteiger partial charge >= 0.3 is 6.09 Å². The molecule has 1 aliphatic heterocycles. The molecule has 6 heteroatoms. The van der Waals surface area contributed by atoms with E-state index in [1.807, 2.05) is 20.8 Å². The van der Waals surface area contributed by atoms with Crippen molar-refractivity contribution in [2.24, 2.45) is 0 Å². The Kier molecular flexibility index (Phi) is 6.38. The van der Waals surface area contributed by atoms with E-state index in [-0.39, 0.29) is 12.1 Å². The SMILES string of the molecule is COc1c(C)cc(Br)cc1CN1CCN(C(=O)OC(C)(C)C)C[C@@H]1C.